The number of aromatic nitrogens is 2. The second-order valence-electron chi connectivity index (χ2n) is 2.91. The number of nitrogens with one attached hydrogen (secondary N) is 1. The monoisotopic (exact) mass is 239 g/mol. The van der Waals surface area contributed by atoms with Gasteiger partial charge < -0.3 is 10.4 Å². The van der Waals surface area contributed by atoms with E-state index in [4.69, 9.17) is 11.6 Å². The smallest absolute Gasteiger partial charge is 0.279 e. The molecule has 1 amide bonds. The molecule has 16 heavy (non-hydrogen) atoms. The number of anilines is 1. The van der Waals surface area contributed by atoms with Gasteiger partial charge in [-0.25, -0.2) is 4.63 Å². The molecule has 0 aliphatic heterocycles. The largest absolute Gasteiger partial charge is 0.506 e. The van der Waals surface area contributed by atoms with Gasteiger partial charge in [-0.3, -0.25) is 4.79 Å². The average Bonchev–Trinajstić information content (AvgIpc) is 2.76. The van der Waals surface area contributed by atoms with Gasteiger partial charge in [-0.15, -0.1) is 0 Å². The fourth-order valence-electron chi connectivity index (χ4n) is 1.06. The fourth-order valence-corrected chi connectivity index (χ4v) is 1.23. The Morgan fingerprint density at radius 1 is 1.50 bits per heavy atom. The quantitative estimate of drug-likeness (QED) is 0.779. The Balaban J connectivity index is 2.21. The van der Waals surface area contributed by atoms with E-state index >= 15 is 0 Å². The van der Waals surface area contributed by atoms with Crippen molar-refractivity contribution in [3.05, 3.63) is 35.1 Å². The van der Waals surface area contributed by atoms with Crippen LogP contribution in [0.3, 0.4) is 0 Å². The maximum Gasteiger partial charge on any atom is 0.279 e. The molecule has 0 aliphatic carbocycles. The van der Waals surface area contributed by atoms with E-state index in [0.717, 1.165) is 6.20 Å². The normalized spacial score (nSPS) is 10.1. The van der Waals surface area contributed by atoms with E-state index in [9.17, 15) is 9.90 Å². The molecule has 6 nitrogen and oxygen atoms in total. The number of carbonyl (C=O) groups excluding carboxylic acids is 1. The number of amides is 1. The van der Waals surface area contributed by atoms with Crippen molar-refractivity contribution in [2.75, 3.05) is 5.32 Å². The second-order valence-corrected chi connectivity index (χ2v) is 3.34. The van der Waals surface area contributed by atoms with Crippen molar-refractivity contribution in [2.45, 2.75) is 0 Å². The lowest BCUT2D eigenvalue weighted by Gasteiger charge is -2.05. The van der Waals surface area contributed by atoms with Gasteiger partial charge in [0.1, 0.15) is 11.9 Å². The summed E-state index contributed by atoms with van der Waals surface area (Å²) in [5.41, 5.74) is 0.208. The molecule has 0 unspecified atom stereocenters. The van der Waals surface area contributed by atoms with Gasteiger partial charge in [-0.1, -0.05) is 16.8 Å². The standard InChI is InChI=1S/C9H6ClN3O3/c10-5-1-2-8(14)6(3-5)12-9(15)7-4-11-16-13-7/h1-4,14H,(H,12,15). The minimum Gasteiger partial charge on any atom is -0.506 e. The third-order valence-corrected chi connectivity index (χ3v) is 2.04. The molecule has 0 spiro atoms. The molecule has 0 saturated heterocycles. The van der Waals surface area contributed by atoms with Crippen molar-refractivity contribution >= 4 is 23.2 Å². The van der Waals surface area contributed by atoms with E-state index in [0.29, 0.717) is 5.02 Å². The van der Waals surface area contributed by atoms with Crippen molar-refractivity contribution in [3.8, 4) is 5.75 Å². The Morgan fingerprint density at radius 2 is 2.31 bits per heavy atom. The average molecular weight is 240 g/mol. The highest BCUT2D eigenvalue weighted by Crippen LogP contribution is 2.26. The third-order valence-electron chi connectivity index (χ3n) is 1.80. The Morgan fingerprint density at radius 3 is 3.00 bits per heavy atom. The molecule has 2 rings (SSSR count). The highest BCUT2D eigenvalue weighted by atomic mass is 35.5. The van der Waals surface area contributed by atoms with Gasteiger partial charge in [0.25, 0.3) is 5.91 Å². The molecule has 82 valence electrons. The van der Waals surface area contributed by atoms with Crippen LogP contribution in [0.15, 0.2) is 29.0 Å². The van der Waals surface area contributed by atoms with Crippen molar-refractivity contribution in [3.63, 3.8) is 0 Å². The molecule has 2 N–H and O–H groups in total. The van der Waals surface area contributed by atoms with E-state index < -0.39 is 5.91 Å². The maximum atomic E-state index is 11.5. The van der Waals surface area contributed by atoms with E-state index in [2.05, 4.69) is 20.3 Å². The summed E-state index contributed by atoms with van der Waals surface area (Å²) < 4.78 is 4.28. The zero-order valence-corrected chi connectivity index (χ0v) is 8.60. The molecule has 2 aromatic rings. The zero-order valence-electron chi connectivity index (χ0n) is 7.85. The summed E-state index contributed by atoms with van der Waals surface area (Å²) in [6.07, 6.45) is 1.16. The van der Waals surface area contributed by atoms with Crippen molar-refractivity contribution < 1.29 is 14.5 Å². The highest BCUT2D eigenvalue weighted by molar-refractivity contribution is 6.31. The molecule has 0 radical (unpaired) electrons. The first-order chi connectivity index (χ1) is 7.66. The van der Waals surface area contributed by atoms with Crippen LogP contribution >= 0.6 is 11.6 Å². The van der Waals surface area contributed by atoms with Crippen LogP contribution in [0, 0.1) is 0 Å². The zero-order chi connectivity index (χ0) is 11.5. The van der Waals surface area contributed by atoms with Crippen LogP contribution in [0.2, 0.25) is 5.02 Å². The summed E-state index contributed by atoms with van der Waals surface area (Å²) in [6, 6.07) is 4.30. The van der Waals surface area contributed by atoms with Gasteiger partial charge in [0.05, 0.1) is 5.69 Å². The van der Waals surface area contributed by atoms with Gasteiger partial charge in [0.15, 0.2) is 5.69 Å². The van der Waals surface area contributed by atoms with Crippen LogP contribution in [-0.4, -0.2) is 21.3 Å². The van der Waals surface area contributed by atoms with Gasteiger partial charge in [-0.2, -0.15) is 0 Å². The molecule has 1 aromatic heterocycles. The number of nitrogens with zero attached hydrogens (tertiary/aromatic N) is 2. The van der Waals surface area contributed by atoms with E-state index in [-0.39, 0.29) is 17.1 Å². The summed E-state index contributed by atoms with van der Waals surface area (Å²) in [6.45, 7) is 0. The summed E-state index contributed by atoms with van der Waals surface area (Å²) in [5, 5.41) is 18.9. The lowest BCUT2D eigenvalue weighted by molar-refractivity contribution is 0.101. The first-order valence-corrected chi connectivity index (χ1v) is 4.62. The van der Waals surface area contributed by atoms with Crippen LogP contribution in [0.1, 0.15) is 10.5 Å². The van der Waals surface area contributed by atoms with E-state index in [1.165, 1.54) is 18.2 Å². The summed E-state index contributed by atoms with van der Waals surface area (Å²) in [5.74, 6) is -0.631. The predicted octanol–water partition coefficient (Wildman–Crippen LogP) is 1.68. The van der Waals surface area contributed by atoms with Gasteiger partial charge in [-0.05, 0) is 23.4 Å². The Bertz CT molecular complexity index is 513. The topological polar surface area (TPSA) is 88.2 Å². The van der Waals surface area contributed by atoms with Crippen LogP contribution in [0.5, 0.6) is 5.75 Å². The first kappa shape index (κ1) is 10.4. The Hall–Kier alpha value is -2.08. The lowest BCUT2D eigenvalue weighted by atomic mass is 10.3. The molecule has 0 bridgehead atoms. The van der Waals surface area contributed by atoms with Crippen molar-refractivity contribution in [1.82, 2.24) is 10.3 Å². The fraction of sp³-hybridized carbons (Fsp3) is 0. The molecular formula is C9H6ClN3O3. The minimum atomic E-state index is -0.543. The van der Waals surface area contributed by atoms with Crippen molar-refractivity contribution in [1.29, 1.82) is 0 Å². The number of rotatable bonds is 2. The van der Waals surface area contributed by atoms with Crippen molar-refractivity contribution in [2.24, 2.45) is 0 Å². The molecule has 7 heteroatoms. The van der Waals surface area contributed by atoms with Crippen LogP contribution in [0.4, 0.5) is 5.69 Å². The summed E-state index contributed by atoms with van der Waals surface area (Å²) in [7, 11) is 0. The number of phenolic OH excluding ortho intramolecular Hbond substituents is 1. The molecule has 0 fully saturated rings. The molecular weight excluding hydrogens is 234 g/mol. The molecule has 0 saturated carbocycles. The Kier molecular flexibility index (Phi) is 2.74. The number of hydrogen-bond acceptors (Lipinski definition) is 5. The minimum absolute atomic E-state index is 0.0133. The second kappa shape index (κ2) is 4.19. The number of hydrogen-bond donors (Lipinski definition) is 2. The van der Waals surface area contributed by atoms with E-state index in [1.807, 2.05) is 0 Å². The predicted molar refractivity (Wildman–Crippen MR) is 55.4 cm³/mol. The summed E-state index contributed by atoms with van der Waals surface area (Å²) >= 11 is 5.72. The van der Waals surface area contributed by atoms with Crippen LogP contribution in [0.25, 0.3) is 0 Å². The maximum absolute atomic E-state index is 11.5. The molecule has 1 aromatic carbocycles. The number of aromatic hydroxyl groups is 1. The SMILES string of the molecule is O=C(Nc1cc(Cl)ccc1O)c1cnon1. The van der Waals surface area contributed by atoms with Gasteiger partial charge in [0, 0.05) is 5.02 Å². The van der Waals surface area contributed by atoms with Crippen LogP contribution in [-0.2, 0) is 0 Å². The first-order valence-electron chi connectivity index (χ1n) is 4.24. The Labute approximate surface area is 94.8 Å². The summed E-state index contributed by atoms with van der Waals surface area (Å²) in [4.78, 5) is 11.5. The highest BCUT2D eigenvalue weighted by Gasteiger charge is 2.12. The van der Waals surface area contributed by atoms with E-state index in [1.54, 1.807) is 0 Å². The molecule has 1 heterocycles. The number of carbonyl (C=O) groups is 1. The van der Waals surface area contributed by atoms with Crippen LogP contribution < -0.4 is 5.32 Å². The third kappa shape index (κ3) is 2.12. The lowest BCUT2D eigenvalue weighted by Crippen LogP contribution is -2.12. The number of phenols is 1. The van der Waals surface area contributed by atoms with Gasteiger partial charge >= 0.3 is 0 Å². The number of halogens is 1. The molecule has 0 atom stereocenters. The van der Waals surface area contributed by atoms with Gasteiger partial charge in [0.2, 0.25) is 0 Å². The number of benzene rings is 1. The molecule has 0 aliphatic rings.